The van der Waals surface area contributed by atoms with E-state index in [-0.39, 0.29) is 30.4 Å². The molecule has 4 heterocycles. The van der Waals surface area contributed by atoms with Crippen molar-refractivity contribution in [3.05, 3.63) is 64.6 Å². The van der Waals surface area contributed by atoms with Crippen LogP contribution in [0.3, 0.4) is 0 Å². The number of ether oxygens (including phenoxy) is 1. The molecular formula is C25H23F2N7O2. The third kappa shape index (κ3) is 4.15. The van der Waals surface area contributed by atoms with E-state index in [1.54, 1.807) is 23.0 Å². The van der Waals surface area contributed by atoms with Crippen molar-refractivity contribution < 1.29 is 18.3 Å². The number of nitriles is 1. The predicted molar refractivity (Wildman–Crippen MR) is 126 cm³/mol. The Morgan fingerprint density at radius 3 is 2.67 bits per heavy atom. The van der Waals surface area contributed by atoms with Crippen molar-refractivity contribution in [2.45, 2.75) is 32.4 Å². The third-order valence-corrected chi connectivity index (χ3v) is 6.46. The lowest BCUT2D eigenvalue weighted by Crippen LogP contribution is -2.58. The molecule has 36 heavy (non-hydrogen) atoms. The largest absolute Gasteiger partial charge is 0.483 e. The molecule has 0 saturated carbocycles. The highest BCUT2D eigenvalue weighted by atomic mass is 19.1. The minimum atomic E-state index is -0.591. The summed E-state index contributed by atoms with van der Waals surface area (Å²) in [5.41, 5.74) is 3.74. The number of rotatable bonds is 4. The first-order chi connectivity index (χ1) is 17.2. The van der Waals surface area contributed by atoms with Gasteiger partial charge < -0.3 is 9.64 Å². The first-order valence-electron chi connectivity index (χ1n) is 11.4. The lowest BCUT2D eigenvalue weighted by atomic mass is 10.0. The maximum atomic E-state index is 14.5. The number of urea groups is 1. The molecule has 0 spiro atoms. The van der Waals surface area contributed by atoms with E-state index in [1.807, 2.05) is 27.0 Å². The lowest BCUT2D eigenvalue weighted by Gasteiger charge is -2.41. The van der Waals surface area contributed by atoms with E-state index in [9.17, 15) is 13.6 Å². The molecule has 1 saturated heterocycles. The number of carbonyl (C=O) groups excluding carboxylic acids is 1. The van der Waals surface area contributed by atoms with Crippen molar-refractivity contribution in [3.8, 4) is 23.1 Å². The summed E-state index contributed by atoms with van der Waals surface area (Å²) in [7, 11) is 1.83. The highest BCUT2D eigenvalue weighted by Gasteiger charge is 2.39. The summed E-state index contributed by atoms with van der Waals surface area (Å²) in [5, 5.41) is 19.0. The zero-order valence-corrected chi connectivity index (χ0v) is 19.9. The molecule has 0 aliphatic carbocycles. The Bertz CT molecular complexity index is 1420. The van der Waals surface area contributed by atoms with E-state index < -0.39 is 23.8 Å². The molecule has 3 aromatic rings. The third-order valence-electron chi connectivity index (χ3n) is 6.46. The number of nitrogens with zero attached hydrogens (tertiary/aromatic N) is 7. The Labute approximate surface area is 206 Å². The topological polar surface area (TPSA) is 99.6 Å². The van der Waals surface area contributed by atoms with Gasteiger partial charge in [-0.15, -0.1) is 0 Å². The molecule has 11 heteroatoms. The van der Waals surface area contributed by atoms with Crippen LogP contribution in [0.5, 0.6) is 5.75 Å². The van der Waals surface area contributed by atoms with E-state index in [4.69, 9.17) is 10.00 Å². The number of likely N-dealkylation sites (tertiary alicyclic amines) is 1. The molecule has 0 radical (unpaired) electrons. The monoisotopic (exact) mass is 491 g/mol. The van der Waals surface area contributed by atoms with Crippen molar-refractivity contribution in [3.63, 3.8) is 0 Å². The van der Waals surface area contributed by atoms with Gasteiger partial charge in [-0.05, 0) is 37.6 Å². The Kier molecular flexibility index (Phi) is 5.88. The van der Waals surface area contributed by atoms with E-state index in [0.29, 0.717) is 17.7 Å². The number of hydrazone groups is 1. The highest BCUT2D eigenvalue weighted by molar-refractivity contribution is 5.79. The summed E-state index contributed by atoms with van der Waals surface area (Å²) in [5.74, 6) is -1.08. The molecule has 2 aliphatic rings. The second-order valence-electron chi connectivity index (χ2n) is 8.88. The van der Waals surface area contributed by atoms with Crippen molar-refractivity contribution in [2.75, 3.05) is 13.1 Å². The van der Waals surface area contributed by atoms with Gasteiger partial charge in [0.05, 0.1) is 48.3 Å². The number of aryl methyl sites for hydroxylation is 2. The molecule has 0 unspecified atom stereocenters. The fourth-order valence-corrected chi connectivity index (χ4v) is 4.53. The van der Waals surface area contributed by atoms with E-state index in [0.717, 1.165) is 29.2 Å². The van der Waals surface area contributed by atoms with Crippen LogP contribution in [0.2, 0.25) is 0 Å². The number of hydrogen-bond donors (Lipinski definition) is 0. The van der Waals surface area contributed by atoms with Crippen LogP contribution in [-0.2, 0) is 7.05 Å². The molecule has 2 aliphatic heterocycles. The Balaban J connectivity index is 1.26. The van der Waals surface area contributed by atoms with E-state index in [2.05, 4.69) is 15.2 Å². The molecule has 2 aromatic heterocycles. The minimum absolute atomic E-state index is 0.0561. The summed E-state index contributed by atoms with van der Waals surface area (Å²) in [6.45, 7) is 4.26. The molecule has 0 bridgehead atoms. The number of hydrogen-bond acceptors (Lipinski definition) is 6. The second-order valence-corrected chi connectivity index (χ2v) is 8.88. The molecular weight excluding hydrogens is 468 g/mol. The van der Waals surface area contributed by atoms with Crippen LogP contribution in [-0.4, -0.2) is 56.1 Å². The predicted octanol–water partition coefficient (Wildman–Crippen LogP) is 3.86. The van der Waals surface area contributed by atoms with Crippen LogP contribution in [0, 0.1) is 36.8 Å². The molecule has 2 amide bonds. The van der Waals surface area contributed by atoms with Gasteiger partial charge in [0, 0.05) is 37.0 Å². The van der Waals surface area contributed by atoms with Crippen molar-refractivity contribution >= 4 is 12.2 Å². The zero-order chi connectivity index (χ0) is 25.6. The Morgan fingerprint density at radius 2 is 1.97 bits per heavy atom. The molecule has 184 valence electrons. The van der Waals surface area contributed by atoms with Crippen molar-refractivity contribution in [1.82, 2.24) is 24.7 Å². The number of amides is 2. The Hall–Kier alpha value is -4.33. The molecule has 5 rings (SSSR count). The smallest absolute Gasteiger partial charge is 0.341 e. The van der Waals surface area contributed by atoms with Gasteiger partial charge in [-0.3, -0.25) is 9.67 Å². The SMILES string of the molecule is Cc1nn(C)c(C)c1-c1cc(OC2CN(C(=O)N3N=CC[C@H]3c3cc(F)cc(C#N)c3)C2)c(F)cn1. The van der Waals surface area contributed by atoms with Gasteiger partial charge in [0.1, 0.15) is 11.9 Å². The summed E-state index contributed by atoms with van der Waals surface area (Å²) < 4.78 is 36.0. The summed E-state index contributed by atoms with van der Waals surface area (Å²) in [4.78, 5) is 18.8. The molecule has 1 atom stereocenters. The first kappa shape index (κ1) is 23.4. The first-order valence-corrected chi connectivity index (χ1v) is 11.4. The van der Waals surface area contributed by atoms with Crippen LogP contribution >= 0.6 is 0 Å². The average molecular weight is 492 g/mol. The van der Waals surface area contributed by atoms with Gasteiger partial charge in [0.25, 0.3) is 0 Å². The van der Waals surface area contributed by atoms with Crippen LogP contribution in [0.1, 0.15) is 35.0 Å². The number of pyridine rings is 1. The number of aromatic nitrogens is 3. The lowest BCUT2D eigenvalue weighted by molar-refractivity contribution is 0.0257. The number of carbonyl (C=O) groups is 1. The second kappa shape index (κ2) is 9.03. The van der Waals surface area contributed by atoms with Gasteiger partial charge in [-0.1, -0.05) is 0 Å². The Morgan fingerprint density at radius 1 is 1.19 bits per heavy atom. The maximum Gasteiger partial charge on any atom is 0.341 e. The summed E-state index contributed by atoms with van der Waals surface area (Å²) >= 11 is 0. The fourth-order valence-electron chi connectivity index (χ4n) is 4.53. The fraction of sp³-hybridized carbons (Fsp3) is 0.320. The summed E-state index contributed by atoms with van der Waals surface area (Å²) in [6, 6.07) is 6.60. The van der Waals surface area contributed by atoms with Gasteiger partial charge in [-0.2, -0.15) is 15.5 Å². The minimum Gasteiger partial charge on any atom is -0.483 e. The quantitative estimate of drug-likeness (QED) is 0.552. The van der Waals surface area contributed by atoms with Gasteiger partial charge in [0.2, 0.25) is 0 Å². The van der Waals surface area contributed by atoms with E-state index in [1.165, 1.54) is 16.0 Å². The van der Waals surface area contributed by atoms with Crippen LogP contribution in [0.15, 0.2) is 35.6 Å². The zero-order valence-electron chi connectivity index (χ0n) is 19.9. The maximum absolute atomic E-state index is 14.5. The van der Waals surface area contributed by atoms with Crippen LogP contribution in [0.25, 0.3) is 11.3 Å². The van der Waals surface area contributed by atoms with Crippen molar-refractivity contribution in [1.29, 1.82) is 5.26 Å². The molecule has 1 aromatic carbocycles. The van der Waals surface area contributed by atoms with Crippen LogP contribution < -0.4 is 4.74 Å². The highest BCUT2D eigenvalue weighted by Crippen LogP contribution is 2.33. The molecule has 0 N–H and O–H groups in total. The van der Waals surface area contributed by atoms with Gasteiger partial charge in [0.15, 0.2) is 11.6 Å². The van der Waals surface area contributed by atoms with Gasteiger partial charge in [-0.25, -0.2) is 18.6 Å². The number of halogens is 2. The summed E-state index contributed by atoms with van der Waals surface area (Å²) in [6.07, 6.45) is 2.71. The average Bonchev–Trinajstić information content (AvgIpc) is 3.41. The van der Waals surface area contributed by atoms with Crippen LogP contribution in [0.4, 0.5) is 13.6 Å². The van der Waals surface area contributed by atoms with Crippen molar-refractivity contribution in [2.24, 2.45) is 12.1 Å². The standard InChI is InChI=1S/C25H23F2N7O2/c1-14-24(15(2)32(3)31-14)21-9-23(20(27)11-29-21)36-19-12-33(13-19)25(35)34-22(4-5-30-34)17-6-16(10-28)7-18(26)8-17/h5-9,11,19,22H,4,12-13H2,1-3H3/t22-/m0/s1. The molecule has 1 fully saturated rings. The van der Waals surface area contributed by atoms with Gasteiger partial charge >= 0.3 is 6.03 Å². The van der Waals surface area contributed by atoms with E-state index >= 15 is 0 Å². The number of benzene rings is 1. The normalized spacial score (nSPS) is 17.3. The molecule has 9 nitrogen and oxygen atoms in total.